The Morgan fingerprint density at radius 1 is 1.33 bits per heavy atom. The molecule has 1 atom stereocenters. The second kappa shape index (κ2) is 4.25. The number of rotatable bonds is 3. The van der Waals surface area contributed by atoms with Crippen LogP contribution < -0.4 is 5.32 Å². The molecule has 0 fully saturated rings. The van der Waals surface area contributed by atoms with E-state index in [1.54, 1.807) is 18.5 Å². The molecule has 92 valence electrons. The van der Waals surface area contributed by atoms with Crippen molar-refractivity contribution in [1.82, 2.24) is 15.3 Å². The maximum Gasteiger partial charge on any atom is 0.253 e. The topological polar surface area (TPSA) is 57.8 Å². The summed E-state index contributed by atoms with van der Waals surface area (Å²) in [5, 5.41) is 2.76. The summed E-state index contributed by atoms with van der Waals surface area (Å²) in [4.78, 5) is 18.9. The van der Waals surface area contributed by atoms with Crippen molar-refractivity contribution in [3.63, 3.8) is 0 Å². The van der Waals surface area contributed by atoms with E-state index in [0.717, 1.165) is 17.0 Å². The van der Waals surface area contributed by atoms with E-state index in [9.17, 15) is 9.18 Å². The van der Waals surface area contributed by atoms with Gasteiger partial charge in [0.05, 0.1) is 24.0 Å². The van der Waals surface area contributed by atoms with Gasteiger partial charge in [0.15, 0.2) is 0 Å². The molecular formula is C13H12FN3O. The van der Waals surface area contributed by atoms with Crippen LogP contribution in [0.15, 0.2) is 30.6 Å². The minimum Gasteiger partial charge on any atom is -0.356 e. The zero-order valence-electron chi connectivity index (χ0n) is 9.61. The lowest BCUT2D eigenvalue weighted by atomic mass is 10.1. The lowest BCUT2D eigenvalue weighted by Gasteiger charge is -2.08. The number of aromatic nitrogens is 2. The van der Waals surface area contributed by atoms with E-state index in [1.165, 1.54) is 0 Å². The smallest absolute Gasteiger partial charge is 0.253 e. The summed E-state index contributed by atoms with van der Waals surface area (Å²) in [7, 11) is 0. The van der Waals surface area contributed by atoms with Crippen LogP contribution in [-0.2, 0) is 0 Å². The Bertz CT molecular complexity index is 579. The molecule has 1 aliphatic rings. The highest BCUT2D eigenvalue weighted by Crippen LogP contribution is 2.31. The largest absolute Gasteiger partial charge is 0.356 e. The number of aromatic amines is 1. The zero-order valence-corrected chi connectivity index (χ0v) is 9.61. The van der Waals surface area contributed by atoms with Crippen LogP contribution in [0.2, 0.25) is 0 Å². The van der Waals surface area contributed by atoms with Crippen LogP contribution in [0.5, 0.6) is 0 Å². The predicted octanol–water partition coefficient (Wildman–Crippen LogP) is 2.22. The average molecular weight is 245 g/mol. The number of amides is 1. The third-order valence-electron chi connectivity index (χ3n) is 3.14. The molecule has 18 heavy (non-hydrogen) atoms. The molecular weight excluding hydrogens is 233 g/mol. The van der Waals surface area contributed by atoms with E-state index in [1.807, 2.05) is 12.1 Å². The molecule has 0 aromatic carbocycles. The highest BCUT2D eigenvalue weighted by Gasteiger charge is 2.30. The number of fused-ring (bicyclic) bond motifs is 1. The number of alkyl halides is 1. The summed E-state index contributed by atoms with van der Waals surface area (Å²) in [6.45, 7) is -0.450. The zero-order chi connectivity index (χ0) is 12.5. The van der Waals surface area contributed by atoms with E-state index in [-0.39, 0.29) is 11.9 Å². The normalized spacial score (nSPS) is 17.6. The van der Waals surface area contributed by atoms with Gasteiger partial charge in [-0.05, 0) is 18.2 Å². The summed E-state index contributed by atoms with van der Waals surface area (Å²) in [5.41, 5.74) is 3.22. The van der Waals surface area contributed by atoms with Crippen LogP contribution in [0, 0.1) is 0 Å². The van der Waals surface area contributed by atoms with E-state index in [0.29, 0.717) is 12.0 Å². The molecule has 5 heteroatoms. The molecule has 0 saturated heterocycles. The van der Waals surface area contributed by atoms with Crippen molar-refractivity contribution in [1.29, 1.82) is 0 Å². The molecule has 1 amide bonds. The standard InChI is InChI=1S/C13H12FN3O/c14-4-1-10-12-9(13(18)17-10)7-11(16-12)8-2-5-15-6-3-8/h2-3,5-7,10,16H,1,4H2,(H,17,18). The molecule has 0 bridgehead atoms. The summed E-state index contributed by atoms with van der Waals surface area (Å²) >= 11 is 0. The number of nitrogens with zero attached hydrogens (tertiary/aromatic N) is 1. The Hall–Kier alpha value is -2.17. The SMILES string of the molecule is O=C1NC(CCF)c2[nH]c(-c3ccncc3)cc21. The molecule has 2 aromatic heterocycles. The number of hydrogen-bond donors (Lipinski definition) is 2. The average Bonchev–Trinajstić information content (AvgIpc) is 2.94. The van der Waals surface area contributed by atoms with E-state index < -0.39 is 6.67 Å². The van der Waals surface area contributed by atoms with E-state index in [2.05, 4.69) is 15.3 Å². The Kier molecular flexibility index (Phi) is 2.59. The molecule has 2 N–H and O–H groups in total. The quantitative estimate of drug-likeness (QED) is 0.871. The number of halogens is 1. The summed E-state index contributed by atoms with van der Waals surface area (Å²) < 4.78 is 12.4. The minimum absolute atomic E-state index is 0.139. The molecule has 3 rings (SSSR count). The first-order valence-corrected chi connectivity index (χ1v) is 5.79. The summed E-state index contributed by atoms with van der Waals surface area (Å²) in [6, 6.07) is 5.29. The first kappa shape index (κ1) is 11.0. The molecule has 3 heterocycles. The van der Waals surface area contributed by atoms with Crippen LogP contribution in [0.3, 0.4) is 0 Å². The highest BCUT2D eigenvalue weighted by atomic mass is 19.1. The van der Waals surface area contributed by atoms with Gasteiger partial charge in [0.1, 0.15) is 0 Å². The van der Waals surface area contributed by atoms with Crippen molar-refractivity contribution in [2.24, 2.45) is 0 Å². The van der Waals surface area contributed by atoms with Crippen LogP contribution in [0.25, 0.3) is 11.3 Å². The van der Waals surface area contributed by atoms with Crippen molar-refractivity contribution >= 4 is 5.91 Å². The number of carbonyl (C=O) groups is 1. The Labute approximate surface area is 103 Å². The van der Waals surface area contributed by atoms with Gasteiger partial charge in [-0.25, -0.2) is 0 Å². The maximum atomic E-state index is 12.4. The van der Waals surface area contributed by atoms with Crippen molar-refractivity contribution in [2.45, 2.75) is 12.5 Å². The molecule has 0 saturated carbocycles. The number of H-pyrrole nitrogens is 1. The fraction of sp³-hybridized carbons (Fsp3) is 0.231. The van der Waals surface area contributed by atoms with Gasteiger partial charge in [0.25, 0.3) is 5.91 Å². The number of hydrogen-bond acceptors (Lipinski definition) is 2. The van der Waals surface area contributed by atoms with Gasteiger partial charge in [0, 0.05) is 30.1 Å². The second-order valence-corrected chi connectivity index (χ2v) is 4.25. The van der Waals surface area contributed by atoms with Gasteiger partial charge in [-0.1, -0.05) is 0 Å². The third kappa shape index (κ3) is 1.68. The molecule has 1 aliphatic heterocycles. The van der Waals surface area contributed by atoms with Crippen LogP contribution in [0.4, 0.5) is 4.39 Å². The number of nitrogens with one attached hydrogen (secondary N) is 2. The van der Waals surface area contributed by atoms with Gasteiger partial charge in [-0.2, -0.15) is 0 Å². The predicted molar refractivity (Wildman–Crippen MR) is 64.8 cm³/mol. The lowest BCUT2D eigenvalue weighted by Crippen LogP contribution is -2.20. The first-order chi connectivity index (χ1) is 8.79. The van der Waals surface area contributed by atoms with Gasteiger partial charge >= 0.3 is 0 Å². The summed E-state index contributed by atoms with van der Waals surface area (Å²) in [5.74, 6) is -0.139. The van der Waals surface area contributed by atoms with E-state index in [4.69, 9.17) is 0 Å². The van der Waals surface area contributed by atoms with Crippen LogP contribution in [-0.4, -0.2) is 22.5 Å². The highest BCUT2D eigenvalue weighted by molar-refractivity contribution is 6.00. The molecule has 0 radical (unpaired) electrons. The fourth-order valence-electron chi connectivity index (χ4n) is 2.25. The second-order valence-electron chi connectivity index (χ2n) is 4.25. The minimum atomic E-state index is -0.450. The lowest BCUT2D eigenvalue weighted by molar-refractivity contribution is 0.0954. The Morgan fingerprint density at radius 3 is 2.83 bits per heavy atom. The molecule has 0 aliphatic carbocycles. The van der Waals surface area contributed by atoms with Gasteiger partial charge < -0.3 is 10.3 Å². The van der Waals surface area contributed by atoms with Crippen molar-refractivity contribution in [2.75, 3.05) is 6.67 Å². The van der Waals surface area contributed by atoms with Crippen LogP contribution >= 0.6 is 0 Å². The fourth-order valence-corrected chi connectivity index (χ4v) is 2.25. The van der Waals surface area contributed by atoms with E-state index >= 15 is 0 Å². The first-order valence-electron chi connectivity index (χ1n) is 5.79. The Morgan fingerprint density at radius 2 is 2.11 bits per heavy atom. The van der Waals surface area contributed by atoms with Gasteiger partial charge in [-0.3, -0.25) is 14.2 Å². The van der Waals surface area contributed by atoms with Crippen molar-refractivity contribution in [3.05, 3.63) is 41.9 Å². The monoisotopic (exact) mass is 245 g/mol. The molecule has 4 nitrogen and oxygen atoms in total. The third-order valence-corrected chi connectivity index (χ3v) is 3.14. The van der Waals surface area contributed by atoms with Gasteiger partial charge in [0.2, 0.25) is 0 Å². The van der Waals surface area contributed by atoms with Crippen molar-refractivity contribution in [3.8, 4) is 11.3 Å². The van der Waals surface area contributed by atoms with Crippen molar-refractivity contribution < 1.29 is 9.18 Å². The molecule has 1 unspecified atom stereocenters. The number of pyridine rings is 1. The summed E-state index contributed by atoms with van der Waals surface area (Å²) in [6.07, 6.45) is 3.69. The maximum absolute atomic E-state index is 12.4. The Balaban J connectivity index is 2.00. The van der Waals surface area contributed by atoms with Gasteiger partial charge in [-0.15, -0.1) is 0 Å². The van der Waals surface area contributed by atoms with Crippen LogP contribution in [0.1, 0.15) is 28.5 Å². The molecule has 0 spiro atoms. The number of carbonyl (C=O) groups excluding carboxylic acids is 1. The molecule has 2 aromatic rings.